The first-order valence-corrected chi connectivity index (χ1v) is 7.86. The Morgan fingerprint density at radius 2 is 2.22 bits per heavy atom. The van der Waals surface area contributed by atoms with Crippen molar-refractivity contribution < 1.29 is 9.72 Å². The topological polar surface area (TPSA) is 96.0 Å². The van der Waals surface area contributed by atoms with Crippen LogP contribution in [0.4, 0.5) is 10.7 Å². The van der Waals surface area contributed by atoms with Crippen molar-refractivity contribution in [2.75, 3.05) is 5.32 Å². The van der Waals surface area contributed by atoms with Gasteiger partial charge in [-0.15, -0.1) is 11.3 Å². The molecule has 2 aromatic rings. The van der Waals surface area contributed by atoms with E-state index in [1.165, 1.54) is 23.5 Å². The number of non-ortho nitro benzene ring substituents is 1. The Bertz CT molecular complexity index is 839. The maximum Gasteiger partial charge on any atom is 0.270 e. The number of nitrogens with zero attached hydrogens (tertiary/aromatic N) is 2. The maximum atomic E-state index is 12.3. The van der Waals surface area contributed by atoms with E-state index in [-0.39, 0.29) is 16.3 Å². The van der Waals surface area contributed by atoms with E-state index in [1.54, 1.807) is 0 Å². The number of aryl methyl sites for hydroxylation is 1. The first-order chi connectivity index (χ1) is 10.9. The number of carbonyl (C=O) groups is 1. The summed E-state index contributed by atoms with van der Waals surface area (Å²) >= 11 is 7.27. The third kappa shape index (κ3) is 3.33. The molecule has 0 radical (unpaired) electrons. The van der Waals surface area contributed by atoms with Gasteiger partial charge in [-0.3, -0.25) is 14.9 Å². The Hall–Kier alpha value is -2.43. The quantitative estimate of drug-likeness (QED) is 0.657. The van der Waals surface area contributed by atoms with Crippen LogP contribution in [0.25, 0.3) is 0 Å². The van der Waals surface area contributed by atoms with Gasteiger partial charge in [0, 0.05) is 17.0 Å². The van der Waals surface area contributed by atoms with Gasteiger partial charge in [-0.05, 0) is 25.0 Å². The van der Waals surface area contributed by atoms with Gasteiger partial charge < -0.3 is 5.32 Å². The van der Waals surface area contributed by atoms with Crippen molar-refractivity contribution >= 4 is 39.5 Å². The summed E-state index contributed by atoms with van der Waals surface area (Å²) in [5.41, 5.74) is 1.28. The summed E-state index contributed by atoms with van der Waals surface area (Å²) in [5.74, 6) is -0.509. The molecule has 0 aliphatic carbocycles. The Morgan fingerprint density at radius 1 is 1.52 bits per heavy atom. The molecule has 1 amide bonds. The third-order valence-electron chi connectivity index (χ3n) is 3.31. The second kappa shape index (κ2) is 6.77. The van der Waals surface area contributed by atoms with Gasteiger partial charge in [-0.25, -0.2) is 0 Å². The van der Waals surface area contributed by atoms with Crippen molar-refractivity contribution in [2.45, 2.75) is 20.3 Å². The number of amides is 1. The molecular formula is C15H12ClN3O3S. The van der Waals surface area contributed by atoms with Crippen LogP contribution < -0.4 is 5.32 Å². The van der Waals surface area contributed by atoms with Gasteiger partial charge in [0.2, 0.25) is 0 Å². The van der Waals surface area contributed by atoms with Crippen LogP contribution >= 0.6 is 22.9 Å². The lowest BCUT2D eigenvalue weighted by Gasteiger charge is -2.05. The molecule has 0 saturated carbocycles. The van der Waals surface area contributed by atoms with Gasteiger partial charge >= 0.3 is 0 Å². The highest BCUT2D eigenvalue weighted by atomic mass is 35.5. The summed E-state index contributed by atoms with van der Waals surface area (Å²) in [6, 6.07) is 5.73. The number of anilines is 1. The average Bonchev–Trinajstić information content (AvgIpc) is 2.81. The standard InChI is InChI=1S/C15H12ClN3O3S/c1-3-10-8(2)23-15(12(10)7-17)18-14(20)11-5-4-9(19(21)22)6-13(11)16/h4-6H,3H2,1-2H3,(H,18,20). The molecule has 1 heterocycles. The van der Waals surface area contributed by atoms with Crippen LogP contribution in [0.3, 0.4) is 0 Å². The zero-order valence-electron chi connectivity index (χ0n) is 12.3. The third-order valence-corrected chi connectivity index (χ3v) is 4.69. The number of nitro benzene ring substituents is 1. The van der Waals surface area contributed by atoms with E-state index in [4.69, 9.17) is 11.6 Å². The van der Waals surface area contributed by atoms with Gasteiger partial charge in [0.05, 0.1) is 21.1 Å². The van der Waals surface area contributed by atoms with Crippen molar-refractivity contribution in [3.63, 3.8) is 0 Å². The van der Waals surface area contributed by atoms with Crippen molar-refractivity contribution in [3.8, 4) is 6.07 Å². The highest BCUT2D eigenvalue weighted by molar-refractivity contribution is 7.16. The van der Waals surface area contributed by atoms with Crippen molar-refractivity contribution in [2.24, 2.45) is 0 Å². The van der Waals surface area contributed by atoms with Crippen LogP contribution in [0.2, 0.25) is 5.02 Å². The second-order valence-electron chi connectivity index (χ2n) is 4.68. The summed E-state index contributed by atoms with van der Waals surface area (Å²) in [6.45, 7) is 3.83. The molecule has 1 N–H and O–H groups in total. The molecule has 0 saturated heterocycles. The molecule has 0 atom stereocenters. The van der Waals surface area contributed by atoms with E-state index in [2.05, 4.69) is 11.4 Å². The highest BCUT2D eigenvalue weighted by Gasteiger charge is 2.19. The number of hydrogen-bond acceptors (Lipinski definition) is 5. The smallest absolute Gasteiger partial charge is 0.270 e. The molecule has 118 valence electrons. The molecule has 0 unspecified atom stereocenters. The molecule has 6 nitrogen and oxygen atoms in total. The molecule has 8 heteroatoms. The Morgan fingerprint density at radius 3 is 2.74 bits per heavy atom. The van der Waals surface area contributed by atoms with Crippen molar-refractivity contribution in [1.29, 1.82) is 5.26 Å². The van der Waals surface area contributed by atoms with Gasteiger partial charge in [-0.2, -0.15) is 5.26 Å². The number of benzene rings is 1. The van der Waals surface area contributed by atoms with E-state index >= 15 is 0 Å². The molecule has 2 rings (SSSR count). The molecule has 1 aromatic carbocycles. The van der Waals surface area contributed by atoms with E-state index < -0.39 is 10.8 Å². The van der Waals surface area contributed by atoms with Gasteiger partial charge in [0.15, 0.2) is 0 Å². The first-order valence-electron chi connectivity index (χ1n) is 6.66. The lowest BCUT2D eigenvalue weighted by atomic mass is 10.1. The first kappa shape index (κ1) is 16.9. The lowest BCUT2D eigenvalue weighted by Crippen LogP contribution is -2.12. The number of halogens is 1. The molecule has 0 aliphatic heterocycles. The van der Waals surface area contributed by atoms with E-state index in [0.717, 1.165) is 16.5 Å². The number of nitriles is 1. The van der Waals surface area contributed by atoms with Gasteiger partial charge in [0.25, 0.3) is 11.6 Å². The number of thiophene rings is 1. The fourth-order valence-corrected chi connectivity index (χ4v) is 3.53. The number of hydrogen-bond donors (Lipinski definition) is 1. The van der Waals surface area contributed by atoms with Crippen LogP contribution in [0.5, 0.6) is 0 Å². The zero-order chi connectivity index (χ0) is 17.1. The zero-order valence-corrected chi connectivity index (χ0v) is 13.9. The van der Waals surface area contributed by atoms with Crippen LogP contribution in [0.15, 0.2) is 18.2 Å². The summed E-state index contributed by atoms with van der Waals surface area (Å²) < 4.78 is 0. The monoisotopic (exact) mass is 349 g/mol. The number of nitrogens with one attached hydrogen (secondary N) is 1. The lowest BCUT2D eigenvalue weighted by molar-refractivity contribution is -0.384. The molecule has 0 aliphatic rings. The summed E-state index contributed by atoms with van der Waals surface area (Å²) in [5, 5.41) is 23.1. The molecule has 23 heavy (non-hydrogen) atoms. The predicted molar refractivity (Wildman–Crippen MR) is 89.2 cm³/mol. The summed E-state index contributed by atoms with van der Waals surface area (Å²) in [7, 11) is 0. The maximum absolute atomic E-state index is 12.3. The second-order valence-corrected chi connectivity index (χ2v) is 6.31. The molecule has 1 aromatic heterocycles. The average molecular weight is 350 g/mol. The normalized spacial score (nSPS) is 10.2. The molecule has 0 bridgehead atoms. The highest BCUT2D eigenvalue weighted by Crippen LogP contribution is 2.33. The number of rotatable bonds is 4. The number of nitro groups is 1. The number of carbonyl (C=O) groups excluding carboxylic acids is 1. The van der Waals surface area contributed by atoms with Gasteiger partial charge in [-0.1, -0.05) is 18.5 Å². The van der Waals surface area contributed by atoms with Crippen molar-refractivity contribution in [3.05, 3.63) is 54.9 Å². The predicted octanol–water partition coefficient (Wildman–Crippen LogP) is 4.30. The van der Waals surface area contributed by atoms with E-state index in [0.29, 0.717) is 17.0 Å². The SMILES string of the molecule is CCc1c(C)sc(NC(=O)c2ccc([N+](=O)[O-])cc2Cl)c1C#N. The molecular weight excluding hydrogens is 338 g/mol. The van der Waals surface area contributed by atoms with E-state index in [9.17, 15) is 20.2 Å². The fraction of sp³-hybridized carbons (Fsp3) is 0.200. The summed E-state index contributed by atoms with van der Waals surface area (Å²) in [6.07, 6.45) is 0.694. The van der Waals surface area contributed by atoms with Crippen LogP contribution in [0, 0.1) is 28.4 Å². The van der Waals surface area contributed by atoms with E-state index in [1.807, 2.05) is 13.8 Å². The van der Waals surface area contributed by atoms with Crippen molar-refractivity contribution in [1.82, 2.24) is 0 Å². The van der Waals surface area contributed by atoms with Crippen LogP contribution in [-0.2, 0) is 6.42 Å². The largest absolute Gasteiger partial charge is 0.312 e. The minimum atomic E-state index is -0.586. The Labute approximate surface area is 141 Å². The molecule has 0 fully saturated rings. The van der Waals surface area contributed by atoms with Crippen LogP contribution in [0.1, 0.15) is 33.3 Å². The minimum Gasteiger partial charge on any atom is -0.312 e. The molecule has 0 spiro atoms. The minimum absolute atomic E-state index is 0.0146. The fourth-order valence-electron chi connectivity index (χ4n) is 2.18. The summed E-state index contributed by atoms with van der Waals surface area (Å²) in [4.78, 5) is 23.4. The van der Waals surface area contributed by atoms with Crippen LogP contribution in [-0.4, -0.2) is 10.8 Å². The Balaban J connectivity index is 2.34. The Kier molecular flexibility index (Phi) is 4.98. The van der Waals surface area contributed by atoms with Gasteiger partial charge in [0.1, 0.15) is 11.1 Å².